The fraction of sp³-hybridized carbons (Fsp3) is 0.143. The number of nitrogens with two attached hydrogens (primary N) is 1. The lowest BCUT2D eigenvalue weighted by Crippen LogP contribution is -2.18. The molecule has 18 heavy (non-hydrogen) atoms. The number of hydrogen-bond acceptors (Lipinski definition) is 2. The minimum Gasteiger partial charge on any atom is -0.395 e. The van der Waals surface area contributed by atoms with Gasteiger partial charge in [-0.1, -0.05) is 35.9 Å². The molecule has 2 aromatic carbocycles. The zero-order chi connectivity index (χ0) is 13.1. The van der Waals surface area contributed by atoms with E-state index in [-0.39, 0.29) is 5.69 Å². The molecule has 0 aliphatic carbocycles. The first-order chi connectivity index (χ1) is 8.59. The standard InChI is InChI=1S/C14H14ClFN2/c1-18(9-10-5-2-3-6-11(10)15)13-8-4-7-12(16)14(13)17/h2-8H,9,17H2,1H3. The first-order valence-corrected chi connectivity index (χ1v) is 5.96. The third-order valence-electron chi connectivity index (χ3n) is 2.81. The Hall–Kier alpha value is -1.74. The van der Waals surface area contributed by atoms with Crippen LogP contribution in [0.15, 0.2) is 42.5 Å². The highest BCUT2D eigenvalue weighted by Crippen LogP contribution is 2.27. The normalized spacial score (nSPS) is 10.4. The second kappa shape index (κ2) is 5.27. The summed E-state index contributed by atoms with van der Waals surface area (Å²) >= 11 is 6.09. The van der Waals surface area contributed by atoms with Gasteiger partial charge in [-0.05, 0) is 23.8 Å². The van der Waals surface area contributed by atoms with Gasteiger partial charge in [-0.3, -0.25) is 0 Å². The van der Waals surface area contributed by atoms with Gasteiger partial charge in [0.05, 0.1) is 11.4 Å². The Bertz CT molecular complexity index is 557. The number of nitrogens with zero attached hydrogens (tertiary/aromatic N) is 1. The van der Waals surface area contributed by atoms with E-state index in [1.807, 2.05) is 36.2 Å². The Morgan fingerprint density at radius 3 is 2.61 bits per heavy atom. The lowest BCUT2D eigenvalue weighted by Gasteiger charge is -2.21. The second-order valence-electron chi connectivity index (χ2n) is 4.12. The molecule has 0 saturated heterocycles. The molecule has 2 N–H and O–H groups in total. The van der Waals surface area contributed by atoms with E-state index in [0.29, 0.717) is 17.3 Å². The highest BCUT2D eigenvalue weighted by Gasteiger charge is 2.10. The fourth-order valence-corrected chi connectivity index (χ4v) is 2.02. The van der Waals surface area contributed by atoms with Crippen molar-refractivity contribution in [1.82, 2.24) is 0 Å². The summed E-state index contributed by atoms with van der Waals surface area (Å²) in [6.07, 6.45) is 0. The van der Waals surface area contributed by atoms with Gasteiger partial charge in [0.1, 0.15) is 5.82 Å². The monoisotopic (exact) mass is 264 g/mol. The van der Waals surface area contributed by atoms with E-state index < -0.39 is 5.82 Å². The maximum atomic E-state index is 13.4. The van der Waals surface area contributed by atoms with Gasteiger partial charge in [0.25, 0.3) is 0 Å². The maximum Gasteiger partial charge on any atom is 0.148 e. The molecular formula is C14H14ClFN2. The SMILES string of the molecule is CN(Cc1ccccc1Cl)c1cccc(F)c1N. The van der Waals surface area contributed by atoms with Crippen LogP contribution in [0.4, 0.5) is 15.8 Å². The lowest BCUT2D eigenvalue weighted by molar-refractivity contribution is 0.632. The number of anilines is 2. The molecule has 0 spiro atoms. The van der Waals surface area contributed by atoms with E-state index in [0.717, 1.165) is 5.56 Å². The zero-order valence-electron chi connectivity index (χ0n) is 10.0. The van der Waals surface area contributed by atoms with Gasteiger partial charge in [-0.15, -0.1) is 0 Å². The average Bonchev–Trinajstić information content (AvgIpc) is 2.35. The van der Waals surface area contributed by atoms with Crippen molar-refractivity contribution in [1.29, 1.82) is 0 Å². The largest absolute Gasteiger partial charge is 0.395 e. The molecular weight excluding hydrogens is 251 g/mol. The van der Waals surface area contributed by atoms with Crippen LogP contribution in [0.3, 0.4) is 0 Å². The highest BCUT2D eigenvalue weighted by atomic mass is 35.5. The molecule has 0 atom stereocenters. The van der Waals surface area contributed by atoms with E-state index in [9.17, 15) is 4.39 Å². The van der Waals surface area contributed by atoms with Gasteiger partial charge in [0.2, 0.25) is 0 Å². The highest BCUT2D eigenvalue weighted by molar-refractivity contribution is 6.31. The molecule has 94 valence electrons. The number of rotatable bonds is 3. The van der Waals surface area contributed by atoms with Crippen LogP contribution < -0.4 is 10.6 Å². The number of nitrogen functional groups attached to an aromatic ring is 1. The van der Waals surface area contributed by atoms with Crippen molar-refractivity contribution >= 4 is 23.0 Å². The first-order valence-electron chi connectivity index (χ1n) is 5.58. The number of benzene rings is 2. The molecule has 0 aliphatic rings. The van der Waals surface area contributed by atoms with Crippen molar-refractivity contribution in [2.75, 3.05) is 17.7 Å². The van der Waals surface area contributed by atoms with Crippen molar-refractivity contribution in [3.05, 3.63) is 58.9 Å². The van der Waals surface area contributed by atoms with Crippen LogP contribution in [0.5, 0.6) is 0 Å². The number of hydrogen-bond donors (Lipinski definition) is 1. The van der Waals surface area contributed by atoms with Crippen LogP contribution in [0.25, 0.3) is 0 Å². The summed E-state index contributed by atoms with van der Waals surface area (Å²) in [4.78, 5) is 1.87. The fourth-order valence-electron chi connectivity index (χ4n) is 1.83. The van der Waals surface area contributed by atoms with E-state index >= 15 is 0 Å². The van der Waals surface area contributed by atoms with Crippen molar-refractivity contribution in [3.63, 3.8) is 0 Å². The van der Waals surface area contributed by atoms with Crippen LogP contribution in [0.1, 0.15) is 5.56 Å². The summed E-state index contributed by atoms with van der Waals surface area (Å²) in [5, 5.41) is 0.694. The number of halogens is 2. The van der Waals surface area contributed by atoms with Gasteiger partial charge >= 0.3 is 0 Å². The minimum absolute atomic E-state index is 0.159. The molecule has 4 heteroatoms. The van der Waals surface area contributed by atoms with Crippen molar-refractivity contribution in [3.8, 4) is 0 Å². The summed E-state index contributed by atoms with van der Waals surface area (Å²) in [6, 6.07) is 12.3. The Balaban J connectivity index is 2.25. The molecule has 0 heterocycles. The van der Waals surface area contributed by atoms with Crippen molar-refractivity contribution in [2.24, 2.45) is 0 Å². The van der Waals surface area contributed by atoms with Crippen LogP contribution in [-0.4, -0.2) is 7.05 Å². The second-order valence-corrected chi connectivity index (χ2v) is 4.53. The number of para-hydroxylation sites is 1. The maximum absolute atomic E-state index is 13.4. The molecule has 0 radical (unpaired) electrons. The molecule has 0 aromatic heterocycles. The molecule has 2 aromatic rings. The Labute approximate surface area is 111 Å². The van der Waals surface area contributed by atoms with Crippen molar-refractivity contribution in [2.45, 2.75) is 6.54 Å². The van der Waals surface area contributed by atoms with Gasteiger partial charge in [0, 0.05) is 18.6 Å². The van der Waals surface area contributed by atoms with Gasteiger partial charge in [-0.25, -0.2) is 4.39 Å². The molecule has 2 rings (SSSR count). The lowest BCUT2D eigenvalue weighted by atomic mass is 10.2. The van der Waals surface area contributed by atoms with Gasteiger partial charge in [-0.2, -0.15) is 0 Å². The molecule has 0 saturated carbocycles. The van der Waals surface area contributed by atoms with Gasteiger partial charge in [0.15, 0.2) is 0 Å². The predicted molar refractivity (Wildman–Crippen MR) is 74.4 cm³/mol. The summed E-state index contributed by atoms with van der Waals surface area (Å²) in [7, 11) is 1.86. The predicted octanol–water partition coefficient (Wildman–Crippen LogP) is 3.70. The summed E-state index contributed by atoms with van der Waals surface area (Å²) in [5.41, 5.74) is 7.52. The molecule has 0 unspecified atom stereocenters. The zero-order valence-corrected chi connectivity index (χ0v) is 10.8. The molecule has 2 nitrogen and oxygen atoms in total. The third kappa shape index (κ3) is 2.57. The molecule has 0 amide bonds. The third-order valence-corrected chi connectivity index (χ3v) is 3.18. The van der Waals surface area contributed by atoms with E-state index in [1.165, 1.54) is 6.07 Å². The molecule has 0 aliphatic heterocycles. The van der Waals surface area contributed by atoms with E-state index in [1.54, 1.807) is 12.1 Å². The summed E-state index contributed by atoms with van der Waals surface area (Å²) in [5.74, 6) is -0.404. The quantitative estimate of drug-likeness (QED) is 0.857. The topological polar surface area (TPSA) is 29.3 Å². The Morgan fingerprint density at radius 1 is 1.17 bits per heavy atom. The summed E-state index contributed by atoms with van der Waals surface area (Å²) < 4.78 is 13.4. The van der Waals surface area contributed by atoms with E-state index in [4.69, 9.17) is 17.3 Å². The Kier molecular flexibility index (Phi) is 3.72. The van der Waals surface area contributed by atoms with E-state index in [2.05, 4.69) is 0 Å². The first kappa shape index (κ1) is 12.7. The van der Waals surface area contributed by atoms with Crippen LogP contribution in [0.2, 0.25) is 5.02 Å². The average molecular weight is 265 g/mol. The van der Waals surface area contributed by atoms with Crippen LogP contribution >= 0.6 is 11.6 Å². The van der Waals surface area contributed by atoms with Crippen molar-refractivity contribution < 1.29 is 4.39 Å². The minimum atomic E-state index is -0.404. The smallest absolute Gasteiger partial charge is 0.148 e. The van der Waals surface area contributed by atoms with Gasteiger partial charge < -0.3 is 10.6 Å². The summed E-state index contributed by atoms with van der Waals surface area (Å²) in [6.45, 7) is 0.577. The van der Waals surface area contributed by atoms with Crippen LogP contribution in [-0.2, 0) is 6.54 Å². The molecule has 0 bridgehead atoms. The Morgan fingerprint density at radius 2 is 1.89 bits per heavy atom. The van der Waals surface area contributed by atoms with Crippen LogP contribution in [0, 0.1) is 5.82 Å². The molecule has 0 fully saturated rings.